The highest BCUT2D eigenvalue weighted by molar-refractivity contribution is 9.10. The van der Waals surface area contributed by atoms with Crippen molar-refractivity contribution >= 4 is 56.2 Å². The Balaban J connectivity index is 1.84. The van der Waals surface area contributed by atoms with Crippen molar-refractivity contribution in [1.29, 1.82) is 0 Å². The van der Waals surface area contributed by atoms with E-state index in [1.54, 1.807) is 11.0 Å². The summed E-state index contributed by atoms with van der Waals surface area (Å²) < 4.78 is 7.48. The third-order valence-electron chi connectivity index (χ3n) is 3.96. The van der Waals surface area contributed by atoms with Gasteiger partial charge in [0.2, 0.25) is 0 Å². The van der Waals surface area contributed by atoms with Crippen LogP contribution in [0.3, 0.4) is 0 Å². The van der Waals surface area contributed by atoms with E-state index in [9.17, 15) is 4.79 Å². The van der Waals surface area contributed by atoms with Gasteiger partial charge in [-0.15, -0.1) is 6.58 Å². The average Bonchev–Trinajstić information content (AvgIpc) is 2.90. The Labute approximate surface area is 177 Å². The molecule has 6 heteroatoms. The van der Waals surface area contributed by atoms with Gasteiger partial charge in [-0.25, -0.2) is 0 Å². The summed E-state index contributed by atoms with van der Waals surface area (Å²) in [5.74, 6) is 0.613. The van der Waals surface area contributed by atoms with Crippen LogP contribution in [0.15, 0.2) is 64.5 Å². The third kappa shape index (κ3) is 4.89. The largest absolute Gasteiger partial charge is 0.488 e. The highest BCUT2D eigenvalue weighted by Crippen LogP contribution is 2.35. The summed E-state index contributed by atoms with van der Waals surface area (Å²) in [5.41, 5.74) is 3.13. The van der Waals surface area contributed by atoms with Gasteiger partial charge in [0.15, 0.2) is 0 Å². The van der Waals surface area contributed by atoms with E-state index in [-0.39, 0.29) is 5.91 Å². The highest BCUT2D eigenvalue weighted by Gasteiger charge is 2.31. The number of halogens is 1. The molecule has 0 N–H and O–H groups in total. The quantitative estimate of drug-likeness (QED) is 0.313. The van der Waals surface area contributed by atoms with Gasteiger partial charge in [-0.05, 0) is 36.8 Å². The second kappa shape index (κ2) is 8.87. The van der Waals surface area contributed by atoms with E-state index < -0.39 is 0 Å². The molecule has 0 atom stereocenters. The Morgan fingerprint density at radius 3 is 2.70 bits per heavy atom. The van der Waals surface area contributed by atoms with Crippen LogP contribution in [0.1, 0.15) is 16.7 Å². The van der Waals surface area contributed by atoms with E-state index in [4.69, 9.17) is 17.0 Å². The smallest absolute Gasteiger partial charge is 0.266 e. The van der Waals surface area contributed by atoms with Crippen LogP contribution in [0.5, 0.6) is 5.75 Å². The summed E-state index contributed by atoms with van der Waals surface area (Å²) in [6.45, 7) is 6.61. The molecule has 0 aliphatic carbocycles. The maximum Gasteiger partial charge on any atom is 0.266 e. The van der Waals surface area contributed by atoms with Crippen LogP contribution in [0.2, 0.25) is 0 Å². The number of rotatable bonds is 6. The van der Waals surface area contributed by atoms with Crippen LogP contribution in [0.4, 0.5) is 0 Å². The summed E-state index contributed by atoms with van der Waals surface area (Å²) in [6, 6.07) is 14.0. The first kappa shape index (κ1) is 19.9. The minimum Gasteiger partial charge on any atom is -0.488 e. The molecule has 1 amide bonds. The van der Waals surface area contributed by atoms with E-state index in [0.717, 1.165) is 15.6 Å². The van der Waals surface area contributed by atoms with Crippen molar-refractivity contribution < 1.29 is 9.53 Å². The summed E-state index contributed by atoms with van der Waals surface area (Å²) in [4.78, 5) is 14.7. The number of thioether (sulfide) groups is 1. The number of benzene rings is 2. The highest BCUT2D eigenvalue weighted by atomic mass is 79.9. The van der Waals surface area contributed by atoms with Crippen molar-refractivity contribution in [2.45, 2.75) is 13.5 Å². The van der Waals surface area contributed by atoms with Gasteiger partial charge in [-0.3, -0.25) is 9.69 Å². The number of ether oxygens (including phenoxy) is 1. The molecule has 138 valence electrons. The molecule has 0 aromatic heterocycles. The number of carbonyl (C=O) groups excluding carboxylic acids is 1. The molecule has 1 heterocycles. The zero-order chi connectivity index (χ0) is 19.4. The molecule has 0 saturated carbocycles. The number of carbonyl (C=O) groups is 1. The maximum atomic E-state index is 12.6. The van der Waals surface area contributed by atoms with Crippen molar-refractivity contribution in [3.63, 3.8) is 0 Å². The van der Waals surface area contributed by atoms with Crippen LogP contribution in [-0.2, 0) is 11.4 Å². The molecule has 27 heavy (non-hydrogen) atoms. The van der Waals surface area contributed by atoms with Crippen molar-refractivity contribution in [2.24, 2.45) is 0 Å². The fraction of sp³-hybridized carbons (Fsp3) is 0.143. The molecule has 0 spiro atoms. The van der Waals surface area contributed by atoms with Crippen LogP contribution in [-0.4, -0.2) is 21.7 Å². The minimum absolute atomic E-state index is 0.102. The molecular weight excluding hydrogens is 442 g/mol. The van der Waals surface area contributed by atoms with Crippen LogP contribution in [0.25, 0.3) is 6.08 Å². The van der Waals surface area contributed by atoms with E-state index in [1.807, 2.05) is 36.4 Å². The van der Waals surface area contributed by atoms with Gasteiger partial charge < -0.3 is 4.74 Å². The van der Waals surface area contributed by atoms with Gasteiger partial charge in [0.25, 0.3) is 5.91 Å². The first-order chi connectivity index (χ1) is 13.0. The number of amides is 1. The predicted molar refractivity (Wildman–Crippen MR) is 120 cm³/mol. The van der Waals surface area contributed by atoms with Crippen molar-refractivity contribution in [1.82, 2.24) is 4.90 Å². The Morgan fingerprint density at radius 2 is 2.00 bits per heavy atom. The van der Waals surface area contributed by atoms with Crippen molar-refractivity contribution in [3.05, 3.63) is 81.2 Å². The molecule has 1 aliphatic rings. The zero-order valence-electron chi connectivity index (χ0n) is 14.8. The van der Waals surface area contributed by atoms with Gasteiger partial charge in [0.05, 0.1) is 4.91 Å². The molecular formula is C21H18BrNO2S2. The standard InChI is InChI=1S/C21H18BrNO2S2/c1-3-10-23-20(24)19(27-21(23)26)12-16-11-17(22)8-9-18(16)25-13-15-6-4-14(2)5-7-15/h3-9,11-12H,1,10,13H2,2H3/b19-12-. The lowest BCUT2D eigenvalue weighted by Crippen LogP contribution is -2.27. The van der Waals surface area contributed by atoms with E-state index in [1.165, 1.54) is 17.3 Å². The summed E-state index contributed by atoms with van der Waals surface area (Å²) >= 11 is 10.1. The summed E-state index contributed by atoms with van der Waals surface area (Å²) in [5, 5.41) is 0. The number of hydrogen-bond acceptors (Lipinski definition) is 4. The fourth-order valence-electron chi connectivity index (χ4n) is 2.54. The van der Waals surface area contributed by atoms with Gasteiger partial charge in [-0.2, -0.15) is 0 Å². The van der Waals surface area contributed by atoms with Crippen LogP contribution in [0, 0.1) is 6.92 Å². The number of thiocarbonyl (C=S) groups is 1. The molecule has 0 unspecified atom stereocenters. The number of hydrogen-bond donors (Lipinski definition) is 0. The topological polar surface area (TPSA) is 29.5 Å². The molecule has 0 radical (unpaired) electrons. The van der Waals surface area contributed by atoms with E-state index in [0.29, 0.717) is 28.1 Å². The Hall–Kier alpha value is -1.89. The summed E-state index contributed by atoms with van der Waals surface area (Å²) in [6.07, 6.45) is 3.50. The SMILES string of the molecule is C=CCN1C(=O)/C(=C/c2cc(Br)ccc2OCc2ccc(C)cc2)SC1=S. The van der Waals surface area contributed by atoms with E-state index in [2.05, 4.69) is 41.6 Å². The second-order valence-corrected chi connectivity index (χ2v) is 8.63. The molecule has 2 aromatic rings. The predicted octanol–water partition coefficient (Wildman–Crippen LogP) is 5.72. The molecule has 1 aliphatic heterocycles. The zero-order valence-corrected chi connectivity index (χ0v) is 18.0. The fourth-order valence-corrected chi connectivity index (χ4v) is 4.18. The maximum absolute atomic E-state index is 12.6. The molecule has 1 fully saturated rings. The number of aryl methyl sites for hydroxylation is 1. The van der Waals surface area contributed by atoms with E-state index >= 15 is 0 Å². The molecule has 0 bridgehead atoms. The first-order valence-electron chi connectivity index (χ1n) is 8.32. The molecule has 3 rings (SSSR count). The lowest BCUT2D eigenvalue weighted by atomic mass is 10.1. The summed E-state index contributed by atoms with van der Waals surface area (Å²) in [7, 11) is 0. The normalized spacial score (nSPS) is 15.5. The lowest BCUT2D eigenvalue weighted by Gasteiger charge is -2.11. The Kier molecular flexibility index (Phi) is 6.52. The molecule has 2 aromatic carbocycles. The van der Waals surface area contributed by atoms with Crippen molar-refractivity contribution in [2.75, 3.05) is 6.54 Å². The number of nitrogens with zero attached hydrogens (tertiary/aromatic N) is 1. The molecule has 1 saturated heterocycles. The monoisotopic (exact) mass is 459 g/mol. The first-order valence-corrected chi connectivity index (χ1v) is 10.3. The van der Waals surface area contributed by atoms with Crippen LogP contribution >= 0.6 is 39.9 Å². The Morgan fingerprint density at radius 1 is 1.26 bits per heavy atom. The second-order valence-electron chi connectivity index (χ2n) is 6.04. The van der Waals surface area contributed by atoms with Gasteiger partial charge >= 0.3 is 0 Å². The Bertz CT molecular complexity index is 922. The average molecular weight is 460 g/mol. The van der Waals surface area contributed by atoms with Gasteiger partial charge in [0, 0.05) is 16.6 Å². The third-order valence-corrected chi connectivity index (χ3v) is 5.83. The molecule has 3 nitrogen and oxygen atoms in total. The van der Waals surface area contributed by atoms with Crippen molar-refractivity contribution in [3.8, 4) is 5.75 Å². The van der Waals surface area contributed by atoms with Gasteiger partial charge in [-0.1, -0.05) is 75.8 Å². The van der Waals surface area contributed by atoms with Gasteiger partial charge in [0.1, 0.15) is 16.7 Å². The van der Waals surface area contributed by atoms with Crippen LogP contribution < -0.4 is 4.74 Å². The minimum atomic E-state index is -0.102. The lowest BCUT2D eigenvalue weighted by molar-refractivity contribution is -0.121.